The predicted octanol–water partition coefficient (Wildman–Crippen LogP) is 5.86. The summed E-state index contributed by atoms with van der Waals surface area (Å²) < 4.78 is 7.50. The van der Waals surface area contributed by atoms with Crippen molar-refractivity contribution in [2.45, 2.75) is 97.6 Å². The summed E-state index contributed by atoms with van der Waals surface area (Å²) in [5.74, 6) is 4.62. The molecule has 5 rings (SSSR count). The number of nitrogens with zero attached hydrogens (tertiary/aromatic N) is 2. The summed E-state index contributed by atoms with van der Waals surface area (Å²) >= 11 is 0. The number of hydrogen-bond acceptors (Lipinski definition) is 3. The van der Waals surface area contributed by atoms with E-state index in [-0.39, 0.29) is 5.41 Å². The minimum Gasteiger partial charge on any atom is -0.388 e. The molecule has 180 valence electrons. The molecule has 0 amide bonds. The normalized spacial score (nSPS) is 45.6. The van der Waals surface area contributed by atoms with Gasteiger partial charge in [-0.2, -0.15) is 5.10 Å². The fourth-order valence-electron chi connectivity index (χ4n) is 9.81. The average Bonchev–Trinajstić information content (AvgIpc) is 3.29. The van der Waals surface area contributed by atoms with Crippen LogP contribution in [0.15, 0.2) is 12.4 Å². The molecule has 32 heavy (non-hydrogen) atoms. The van der Waals surface area contributed by atoms with Crippen LogP contribution in [-0.4, -0.2) is 34.2 Å². The van der Waals surface area contributed by atoms with E-state index in [9.17, 15) is 5.11 Å². The summed E-state index contributed by atoms with van der Waals surface area (Å²) in [6.07, 6.45) is 16.1. The van der Waals surface area contributed by atoms with Gasteiger partial charge in [-0.15, -0.1) is 0 Å². The first kappa shape index (κ1) is 22.9. The van der Waals surface area contributed by atoms with E-state index in [4.69, 9.17) is 4.74 Å². The minimum atomic E-state index is -0.698. The Kier molecular flexibility index (Phi) is 5.81. The number of hydrogen-bond donors (Lipinski definition) is 1. The van der Waals surface area contributed by atoms with E-state index < -0.39 is 5.60 Å². The van der Waals surface area contributed by atoms with Gasteiger partial charge in [-0.25, -0.2) is 0 Å². The lowest BCUT2D eigenvalue weighted by Gasteiger charge is -2.60. The molecule has 4 aliphatic rings. The number of aromatic nitrogens is 2. The van der Waals surface area contributed by atoms with E-state index >= 15 is 0 Å². The molecular formula is C28H46N2O2. The topological polar surface area (TPSA) is 47.3 Å². The summed E-state index contributed by atoms with van der Waals surface area (Å²) in [4.78, 5) is 0. The maximum Gasteiger partial charge on any atom is 0.0848 e. The van der Waals surface area contributed by atoms with Gasteiger partial charge in [0, 0.05) is 19.9 Å². The maximum absolute atomic E-state index is 11.7. The van der Waals surface area contributed by atoms with E-state index in [0.29, 0.717) is 17.9 Å². The second-order valence-corrected chi connectivity index (χ2v) is 13.1. The first-order chi connectivity index (χ1) is 15.2. The highest BCUT2D eigenvalue weighted by atomic mass is 16.5. The molecule has 4 aliphatic carbocycles. The molecule has 0 saturated heterocycles. The summed E-state index contributed by atoms with van der Waals surface area (Å²) in [5.41, 5.74) is 1.27. The number of aryl methyl sites for hydroxylation is 1. The molecule has 4 nitrogen and oxygen atoms in total. The molecular weight excluding hydrogens is 396 g/mol. The van der Waals surface area contributed by atoms with Crippen LogP contribution >= 0.6 is 0 Å². The van der Waals surface area contributed by atoms with Gasteiger partial charge in [0.25, 0.3) is 0 Å². The molecule has 9 atom stereocenters. The average molecular weight is 443 g/mol. The lowest BCUT2D eigenvalue weighted by Crippen LogP contribution is -2.54. The van der Waals surface area contributed by atoms with Gasteiger partial charge >= 0.3 is 0 Å². The third-order valence-electron chi connectivity index (χ3n) is 11.0. The fourth-order valence-corrected chi connectivity index (χ4v) is 9.81. The standard InChI is InChI=1S/C28H46N2O2/c1-19-15-29-30(16-19)18-28(4,31)25-9-8-24-22-10-12-26(2)14-20(17-32-5)6-7-23(26)21(22)11-13-27(24,25)3/h15-16,20-25,31H,6-14,17-18H2,1-5H3/t20?,21?,22?,23?,24?,25?,26?,27?,28-/m0/s1. The monoisotopic (exact) mass is 442 g/mol. The van der Waals surface area contributed by atoms with E-state index in [1.54, 1.807) is 0 Å². The molecule has 0 aliphatic heterocycles. The van der Waals surface area contributed by atoms with Crippen molar-refractivity contribution in [1.29, 1.82) is 0 Å². The number of aliphatic hydroxyl groups is 1. The third-order valence-corrected chi connectivity index (χ3v) is 11.0. The van der Waals surface area contributed by atoms with Crippen LogP contribution < -0.4 is 0 Å². The van der Waals surface area contributed by atoms with Gasteiger partial charge in [0.1, 0.15) is 0 Å². The van der Waals surface area contributed by atoms with Gasteiger partial charge in [-0.05, 0) is 124 Å². The number of ether oxygens (including phenoxy) is 1. The molecule has 4 fully saturated rings. The Balaban J connectivity index is 1.33. The maximum atomic E-state index is 11.7. The number of fused-ring (bicyclic) bond motifs is 5. The molecule has 1 aromatic heterocycles. The van der Waals surface area contributed by atoms with Crippen molar-refractivity contribution in [3.05, 3.63) is 18.0 Å². The van der Waals surface area contributed by atoms with Crippen molar-refractivity contribution in [2.75, 3.05) is 13.7 Å². The van der Waals surface area contributed by atoms with Crippen LogP contribution in [0.5, 0.6) is 0 Å². The van der Waals surface area contributed by atoms with E-state index in [2.05, 4.69) is 39.0 Å². The Bertz CT molecular complexity index is 818. The Morgan fingerprint density at radius 1 is 1.09 bits per heavy atom. The SMILES string of the molecule is COCC1CCC2C3CCC4(C)C(CCC4[C@@](C)(O)Cn4cc(C)cn4)C3CCC2(C)C1. The highest BCUT2D eigenvalue weighted by Gasteiger charge is 2.61. The van der Waals surface area contributed by atoms with E-state index in [1.807, 2.05) is 18.0 Å². The summed E-state index contributed by atoms with van der Waals surface area (Å²) in [6.45, 7) is 10.9. The van der Waals surface area contributed by atoms with Crippen LogP contribution in [0.4, 0.5) is 0 Å². The molecule has 0 aromatic carbocycles. The summed E-state index contributed by atoms with van der Waals surface area (Å²) in [7, 11) is 1.87. The Morgan fingerprint density at radius 3 is 2.53 bits per heavy atom. The first-order valence-electron chi connectivity index (χ1n) is 13.4. The lowest BCUT2D eigenvalue weighted by atomic mass is 9.45. The Labute approximate surface area is 195 Å². The molecule has 8 unspecified atom stereocenters. The van der Waals surface area contributed by atoms with Crippen LogP contribution in [0.1, 0.15) is 84.1 Å². The lowest BCUT2D eigenvalue weighted by molar-refractivity contribution is -0.133. The van der Waals surface area contributed by atoms with Gasteiger partial charge in [-0.1, -0.05) is 13.8 Å². The van der Waals surface area contributed by atoms with E-state index in [1.165, 1.54) is 63.4 Å². The second kappa shape index (κ2) is 8.12. The van der Waals surface area contributed by atoms with Gasteiger partial charge in [0.05, 0.1) is 18.3 Å². The predicted molar refractivity (Wildman–Crippen MR) is 128 cm³/mol. The molecule has 1 aromatic rings. The Hall–Kier alpha value is -0.870. The van der Waals surface area contributed by atoms with Gasteiger partial charge in [0.2, 0.25) is 0 Å². The number of rotatable bonds is 5. The van der Waals surface area contributed by atoms with Gasteiger partial charge in [-0.3, -0.25) is 4.68 Å². The Morgan fingerprint density at radius 2 is 1.81 bits per heavy atom. The molecule has 4 saturated carbocycles. The van der Waals surface area contributed by atoms with Gasteiger partial charge in [0.15, 0.2) is 0 Å². The summed E-state index contributed by atoms with van der Waals surface area (Å²) in [5, 5.41) is 16.2. The zero-order valence-electron chi connectivity index (χ0n) is 21.1. The van der Waals surface area contributed by atoms with Crippen LogP contribution in [-0.2, 0) is 11.3 Å². The molecule has 0 bridgehead atoms. The van der Waals surface area contributed by atoms with Crippen molar-refractivity contribution in [2.24, 2.45) is 46.3 Å². The van der Waals surface area contributed by atoms with Crippen molar-refractivity contribution < 1.29 is 9.84 Å². The highest BCUT2D eigenvalue weighted by molar-refractivity contribution is 5.11. The minimum absolute atomic E-state index is 0.272. The second-order valence-electron chi connectivity index (χ2n) is 13.1. The first-order valence-corrected chi connectivity index (χ1v) is 13.4. The smallest absolute Gasteiger partial charge is 0.0848 e. The van der Waals surface area contributed by atoms with Crippen LogP contribution in [0, 0.1) is 53.3 Å². The molecule has 1 heterocycles. The molecule has 0 radical (unpaired) electrons. The van der Waals surface area contributed by atoms with Crippen molar-refractivity contribution >= 4 is 0 Å². The molecule has 1 N–H and O–H groups in total. The van der Waals surface area contributed by atoms with E-state index in [0.717, 1.165) is 36.2 Å². The highest BCUT2D eigenvalue weighted by Crippen LogP contribution is 2.68. The molecule has 0 spiro atoms. The van der Waals surface area contributed by atoms with Crippen LogP contribution in [0.3, 0.4) is 0 Å². The molecule has 4 heteroatoms. The van der Waals surface area contributed by atoms with Crippen LogP contribution in [0.25, 0.3) is 0 Å². The summed E-state index contributed by atoms with van der Waals surface area (Å²) in [6, 6.07) is 0. The zero-order valence-corrected chi connectivity index (χ0v) is 21.1. The largest absolute Gasteiger partial charge is 0.388 e. The quantitative estimate of drug-likeness (QED) is 0.621. The van der Waals surface area contributed by atoms with Gasteiger partial charge < -0.3 is 9.84 Å². The third kappa shape index (κ3) is 3.68. The van der Waals surface area contributed by atoms with Crippen molar-refractivity contribution in [1.82, 2.24) is 9.78 Å². The number of methoxy groups -OCH3 is 1. The van der Waals surface area contributed by atoms with Crippen LogP contribution in [0.2, 0.25) is 0 Å². The fraction of sp³-hybridized carbons (Fsp3) is 0.893. The van der Waals surface area contributed by atoms with Crippen molar-refractivity contribution in [3.63, 3.8) is 0 Å². The zero-order chi connectivity index (χ0) is 22.7. The van der Waals surface area contributed by atoms with Crippen molar-refractivity contribution in [3.8, 4) is 0 Å².